The third-order valence-electron chi connectivity index (χ3n) is 3.94. The van der Waals surface area contributed by atoms with E-state index in [0.717, 1.165) is 31.4 Å². The van der Waals surface area contributed by atoms with Crippen molar-refractivity contribution in [3.05, 3.63) is 18.2 Å². The van der Waals surface area contributed by atoms with Crippen LogP contribution in [0, 0.1) is 5.41 Å². The van der Waals surface area contributed by atoms with E-state index in [0.29, 0.717) is 12.2 Å². The normalized spacial score (nSPS) is 21.5. The predicted molar refractivity (Wildman–Crippen MR) is 66.1 cm³/mol. The molecule has 1 aliphatic heterocycles. The highest BCUT2D eigenvalue weighted by Crippen LogP contribution is 2.43. The Balaban J connectivity index is 1.99. The number of hydrogen-bond acceptors (Lipinski definition) is 3. The zero-order valence-corrected chi connectivity index (χ0v) is 9.62. The molecule has 1 aromatic rings. The zero-order valence-electron chi connectivity index (χ0n) is 9.62. The van der Waals surface area contributed by atoms with Crippen molar-refractivity contribution in [2.45, 2.75) is 25.7 Å². The summed E-state index contributed by atoms with van der Waals surface area (Å²) in [4.78, 5) is 12.3. The molecule has 0 aromatic heterocycles. The maximum Gasteiger partial charge on any atom is 0.232 e. The molecule has 2 aliphatic rings. The summed E-state index contributed by atoms with van der Waals surface area (Å²) in [5, 5.41) is 15.9. The van der Waals surface area contributed by atoms with Gasteiger partial charge in [-0.2, -0.15) is 0 Å². The highest BCUT2D eigenvalue weighted by Gasteiger charge is 2.42. The van der Waals surface area contributed by atoms with Crippen molar-refractivity contribution in [3.63, 3.8) is 0 Å². The van der Waals surface area contributed by atoms with Crippen molar-refractivity contribution >= 4 is 17.3 Å². The number of phenolic OH excluding ortho intramolecular Hbond substituents is 1. The second kappa shape index (κ2) is 3.65. The van der Waals surface area contributed by atoms with Gasteiger partial charge in [-0.15, -0.1) is 0 Å². The van der Waals surface area contributed by atoms with Gasteiger partial charge >= 0.3 is 0 Å². The van der Waals surface area contributed by atoms with Crippen molar-refractivity contribution in [2.75, 3.05) is 17.2 Å². The van der Waals surface area contributed by atoms with Gasteiger partial charge in [0.05, 0.1) is 11.1 Å². The molecule has 1 amide bonds. The average Bonchev–Trinajstić information content (AvgIpc) is 2.74. The van der Waals surface area contributed by atoms with Crippen LogP contribution in [0.5, 0.6) is 5.75 Å². The summed E-state index contributed by atoms with van der Waals surface area (Å²) < 4.78 is 0. The minimum atomic E-state index is -0.286. The van der Waals surface area contributed by atoms with Crippen molar-refractivity contribution in [1.29, 1.82) is 0 Å². The Morgan fingerprint density at radius 3 is 2.76 bits per heavy atom. The van der Waals surface area contributed by atoms with Gasteiger partial charge < -0.3 is 15.7 Å². The van der Waals surface area contributed by atoms with Crippen LogP contribution in [0.1, 0.15) is 25.7 Å². The molecule has 4 heteroatoms. The summed E-state index contributed by atoms with van der Waals surface area (Å²) in [5.74, 6) is 0.168. The molecule has 0 unspecified atom stereocenters. The number of amides is 1. The van der Waals surface area contributed by atoms with Crippen LogP contribution in [0.25, 0.3) is 0 Å². The minimum Gasteiger partial charge on any atom is -0.506 e. The maximum atomic E-state index is 12.3. The van der Waals surface area contributed by atoms with Gasteiger partial charge in [-0.25, -0.2) is 0 Å². The second-order valence-corrected chi connectivity index (χ2v) is 4.99. The van der Waals surface area contributed by atoms with E-state index in [1.807, 2.05) is 6.07 Å². The quantitative estimate of drug-likeness (QED) is 0.601. The van der Waals surface area contributed by atoms with Crippen molar-refractivity contribution in [3.8, 4) is 5.75 Å². The summed E-state index contributed by atoms with van der Waals surface area (Å²) in [6.45, 7) is 0.662. The SMILES string of the molecule is O=C1Nc2c(O)cccc2NCC12CCCC2. The van der Waals surface area contributed by atoms with E-state index in [2.05, 4.69) is 10.6 Å². The van der Waals surface area contributed by atoms with E-state index in [1.165, 1.54) is 0 Å². The molecular formula is C13H16N2O2. The molecule has 0 bridgehead atoms. The first kappa shape index (κ1) is 10.4. The number of fused-ring (bicyclic) bond motifs is 1. The molecule has 0 saturated heterocycles. The van der Waals surface area contributed by atoms with Gasteiger partial charge in [-0.3, -0.25) is 4.79 Å². The Labute approximate surface area is 100 Å². The average molecular weight is 232 g/mol. The van der Waals surface area contributed by atoms with Gasteiger partial charge in [0, 0.05) is 6.54 Å². The molecule has 1 saturated carbocycles. The Kier molecular flexibility index (Phi) is 2.24. The van der Waals surface area contributed by atoms with Crippen LogP contribution >= 0.6 is 0 Å². The molecule has 1 aromatic carbocycles. The summed E-state index contributed by atoms with van der Waals surface area (Å²) in [6.07, 6.45) is 4.08. The molecular weight excluding hydrogens is 216 g/mol. The summed E-state index contributed by atoms with van der Waals surface area (Å²) in [6, 6.07) is 5.25. The number of nitrogens with one attached hydrogen (secondary N) is 2. The largest absolute Gasteiger partial charge is 0.506 e. The van der Waals surface area contributed by atoms with Crippen LogP contribution in [0.4, 0.5) is 11.4 Å². The van der Waals surface area contributed by atoms with Crippen LogP contribution in [-0.2, 0) is 4.79 Å². The molecule has 90 valence electrons. The lowest BCUT2D eigenvalue weighted by atomic mass is 9.85. The zero-order chi connectivity index (χ0) is 11.9. The van der Waals surface area contributed by atoms with Gasteiger partial charge in [0.25, 0.3) is 0 Å². The third-order valence-corrected chi connectivity index (χ3v) is 3.94. The fourth-order valence-electron chi connectivity index (χ4n) is 2.87. The molecule has 17 heavy (non-hydrogen) atoms. The molecule has 1 heterocycles. The molecule has 1 aliphatic carbocycles. The van der Waals surface area contributed by atoms with E-state index in [1.54, 1.807) is 12.1 Å². The fraction of sp³-hybridized carbons (Fsp3) is 0.462. The first-order valence-corrected chi connectivity index (χ1v) is 6.09. The Morgan fingerprint density at radius 2 is 2.00 bits per heavy atom. The molecule has 0 atom stereocenters. The number of anilines is 2. The number of phenols is 1. The molecule has 0 radical (unpaired) electrons. The van der Waals surface area contributed by atoms with Gasteiger partial charge in [-0.05, 0) is 25.0 Å². The fourth-order valence-corrected chi connectivity index (χ4v) is 2.87. The lowest BCUT2D eigenvalue weighted by molar-refractivity contribution is -0.124. The first-order chi connectivity index (χ1) is 8.21. The molecule has 1 spiro atoms. The van der Waals surface area contributed by atoms with Crippen LogP contribution in [0.2, 0.25) is 0 Å². The Morgan fingerprint density at radius 1 is 1.24 bits per heavy atom. The van der Waals surface area contributed by atoms with E-state index in [4.69, 9.17) is 0 Å². The molecule has 1 fully saturated rings. The maximum absolute atomic E-state index is 12.3. The predicted octanol–water partition coefficient (Wildman–Crippen LogP) is 2.32. The first-order valence-electron chi connectivity index (χ1n) is 6.09. The highest BCUT2D eigenvalue weighted by molar-refractivity contribution is 6.01. The standard InChI is InChI=1S/C13H16N2O2/c16-10-5-3-4-9-11(10)15-12(17)13(8-14-9)6-1-2-7-13/h3-5,14,16H,1-2,6-8H2,(H,15,17). The molecule has 3 N–H and O–H groups in total. The summed E-state index contributed by atoms with van der Waals surface area (Å²) in [7, 11) is 0. The van der Waals surface area contributed by atoms with E-state index in [-0.39, 0.29) is 17.1 Å². The topological polar surface area (TPSA) is 61.4 Å². The lowest BCUT2D eigenvalue weighted by Gasteiger charge is -2.24. The smallest absolute Gasteiger partial charge is 0.232 e. The van der Waals surface area contributed by atoms with E-state index < -0.39 is 0 Å². The highest BCUT2D eigenvalue weighted by atomic mass is 16.3. The number of carbonyl (C=O) groups excluding carboxylic acids is 1. The van der Waals surface area contributed by atoms with Gasteiger partial charge in [0.2, 0.25) is 5.91 Å². The number of rotatable bonds is 0. The van der Waals surface area contributed by atoms with E-state index >= 15 is 0 Å². The van der Waals surface area contributed by atoms with Crippen LogP contribution in [-0.4, -0.2) is 17.6 Å². The third kappa shape index (κ3) is 1.55. The lowest BCUT2D eigenvalue weighted by Crippen LogP contribution is -2.37. The van der Waals surface area contributed by atoms with Gasteiger partial charge in [0.15, 0.2) is 0 Å². The summed E-state index contributed by atoms with van der Waals surface area (Å²) in [5.41, 5.74) is 1.04. The monoisotopic (exact) mass is 232 g/mol. The van der Waals surface area contributed by atoms with Crippen molar-refractivity contribution in [2.24, 2.45) is 5.41 Å². The second-order valence-electron chi connectivity index (χ2n) is 4.99. The molecule has 3 rings (SSSR count). The number of hydrogen-bond donors (Lipinski definition) is 3. The summed E-state index contributed by atoms with van der Waals surface area (Å²) >= 11 is 0. The Hall–Kier alpha value is -1.71. The van der Waals surface area contributed by atoms with Gasteiger partial charge in [-0.1, -0.05) is 18.9 Å². The Bertz CT molecular complexity index is 464. The van der Waals surface area contributed by atoms with Gasteiger partial charge in [0.1, 0.15) is 11.4 Å². The molecule has 4 nitrogen and oxygen atoms in total. The van der Waals surface area contributed by atoms with Crippen LogP contribution in [0.3, 0.4) is 0 Å². The number of para-hydroxylation sites is 1. The van der Waals surface area contributed by atoms with E-state index in [9.17, 15) is 9.90 Å². The minimum absolute atomic E-state index is 0.0442. The number of carbonyl (C=O) groups is 1. The van der Waals surface area contributed by atoms with Crippen molar-refractivity contribution < 1.29 is 9.90 Å². The van der Waals surface area contributed by atoms with Crippen LogP contribution in [0.15, 0.2) is 18.2 Å². The van der Waals surface area contributed by atoms with Crippen LogP contribution < -0.4 is 10.6 Å². The number of benzene rings is 1. The van der Waals surface area contributed by atoms with Crippen molar-refractivity contribution in [1.82, 2.24) is 0 Å². The number of aromatic hydroxyl groups is 1.